The summed E-state index contributed by atoms with van der Waals surface area (Å²) in [5.41, 5.74) is 6.32. The lowest BCUT2D eigenvalue weighted by atomic mass is 10.2. The fourth-order valence-corrected chi connectivity index (χ4v) is 1.78. The molecule has 2 N–H and O–H groups in total. The van der Waals surface area contributed by atoms with Gasteiger partial charge in [0.1, 0.15) is 0 Å². The van der Waals surface area contributed by atoms with Gasteiger partial charge in [-0.2, -0.15) is 5.10 Å². The van der Waals surface area contributed by atoms with Crippen LogP contribution in [0.2, 0.25) is 0 Å². The average Bonchev–Trinajstić information content (AvgIpc) is 2.41. The molecular formula is C16H17N3O. The van der Waals surface area contributed by atoms with Gasteiger partial charge in [0.25, 0.3) is 0 Å². The van der Waals surface area contributed by atoms with Crippen LogP contribution in [0.15, 0.2) is 53.6 Å². The fourth-order valence-electron chi connectivity index (χ4n) is 1.78. The van der Waals surface area contributed by atoms with Crippen molar-refractivity contribution in [3.8, 4) is 0 Å². The Bertz CT molecular complexity index is 635. The Hall–Kier alpha value is -2.62. The van der Waals surface area contributed by atoms with Crippen molar-refractivity contribution in [2.24, 2.45) is 5.10 Å². The smallest absolute Gasteiger partial charge is 0.306 e. The van der Waals surface area contributed by atoms with E-state index in [0.717, 1.165) is 22.4 Å². The zero-order valence-corrected chi connectivity index (χ0v) is 11.6. The van der Waals surface area contributed by atoms with E-state index in [1.54, 1.807) is 6.21 Å². The van der Waals surface area contributed by atoms with Crippen molar-refractivity contribution in [1.29, 1.82) is 0 Å². The molecule has 0 aromatic heterocycles. The van der Waals surface area contributed by atoms with E-state index in [1.807, 2.05) is 62.4 Å². The molecule has 0 spiro atoms. The van der Waals surface area contributed by atoms with Crippen molar-refractivity contribution in [3.63, 3.8) is 0 Å². The highest BCUT2D eigenvalue weighted by molar-refractivity contribution is 5.91. The number of hydrazone groups is 1. The predicted molar refractivity (Wildman–Crippen MR) is 82.1 cm³/mol. The molecule has 2 amide bonds. The third-order valence-electron chi connectivity index (χ3n) is 2.82. The lowest BCUT2D eigenvalue weighted by Crippen LogP contribution is -2.24. The number of carbonyl (C=O) groups is 1. The van der Waals surface area contributed by atoms with Crippen LogP contribution in [-0.4, -0.2) is 12.2 Å². The summed E-state index contributed by atoms with van der Waals surface area (Å²) < 4.78 is 0. The molecule has 0 atom stereocenters. The highest BCUT2D eigenvalue weighted by Gasteiger charge is 2.01. The summed E-state index contributed by atoms with van der Waals surface area (Å²) in [6, 6.07) is 15.1. The first kappa shape index (κ1) is 13.8. The topological polar surface area (TPSA) is 53.5 Å². The van der Waals surface area contributed by atoms with Crippen molar-refractivity contribution in [3.05, 3.63) is 65.2 Å². The second-order valence-corrected chi connectivity index (χ2v) is 4.55. The van der Waals surface area contributed by atoms with Crippen LogP contribution >= 0.6 is 0 Å². The minimum absolute atomic E-state index is 0.358. The van der Waals surface area contributed by atoms with Gasteiger partial charge in [0.15, 0.2) is 0 Å². The number of urea groups is 1. The molecule has 2 aromatic carbocycles. The van der Waals surface area contributed by atoms with Gasteiger partial charge in [-0.15, -0.1) is 0 Å². The summed E-state index contributed by atoms with van der Waals surface area (Å²) in [7, 11) is 0. The largest absolute Gasteiger partial charge is 0.339 e. The molecule has 0 unspecified atom stereocenters. The maximum Gasteiger partial charge on any atom is 0.339 e. The lowest BCUT2D eigenvalue weighted by molar-refractivity contribution is 0.252. The number of hydrogen-bond donors (Lipinski definition) is 2. The minimum atomic E-state index is -0.358. The summed E-state index contributed by atoms with van der Waals surface area (Å²) in [5.74, 6) is 0. The molecule has 2 aromatic rings. The predicted octanol–water partition coefficient (Wildman–Crippen LogP) is 3.46. The summed E-state index contributed by atoms with van der Waals surface area (Å²) in [4.78, 5) is 11.7. The first-order valence-electron chi connectivity index (χ1n) is 6.37. The number of hydrogen-bond acceptors (Lipinski definition) is 2. The van der Waals surface area contributed by atoms with Gasteiger partial charge < -0.3 is 5.32 Å². The summed E-state index contributed by atoms with van der Waals surface area (Å²) >= 11 is 0. The Morgan fingerprint density at radius 1 is 1.10 bits per heavy atom. The number of anilines is 1. The first-order chi connectivity index (χ1) is 9.65. The summed E-state index contributed by atoms with van der Waals surface area (Å²) in [6.45, 7) is 3.95. The van der Waals surface area contributed by atoms with Crippen molar-refractivity contribution in [1.82, 2.24) is 5.43 Å². The summed E-state index contributed by atoms with van der Waals surface area (Å²) in [5, 5.41) is 6.67. The maximum atomic E-state index is 11.7. The number of para-hydroxylation sites is 1. The number of nitrogens with zero attached hydrogens (tertiary/aromatic N) is 1. The van der Waals surface area contributed by atoms with E-state index in [9.17, 15) is 4.79 Å². The number of carbonyl (C=O) groups excluding carboxylic acids is 1. The minimum Gasteiger partial charge on any atom is -0.306 e. The van der Waals surface area contributed by atoms with Crippen LogP contribution in [0.5, 0.6) is 0 Å². The van der Waals surface area contributed by atoms with E-state index >= 15 is 0 Å². The van der Waals surface area contributed by atoms with E-state index in [1.165, 1.54) is 0 Å². The molecule has 20 heavy (non-hydrogen) atoms. The highest BCUT2D eigenvalue weighted by atomic mass is 16.2. The molecule has 0 saturated heterocycles. The molecule has 0 aliphatic carbocycles. The van der Waals surface area contributed by atoms with Crippen LogP contribution in [0.1, 0.15) is 16.7 Å². The maximum absolute atomic E-state index is 11.7. The molecule has 0 bridgehead atoms. The summed E-state index contributed by atoms with van der Waals surface area (Å²) in [6.07, 6.45) is 1.62. The Morgan fingerprint density at radius 3 is 2.65 bits per heavy atom. The highest BCUT2D eigenvalue weighted by Crippen LogP contribution is 2.12. The standard InChI is InChI=1S/C16H17N3O/c1-12-6-5-8-14(10-12)11-17-19-16(20)18-15-9-4-3-7-13(15)2/h3-11H,1-2H3,(H2,18,19,20). The van der Waals surface area contributed by atoms with Crippen LogP contribution in [0, 0.1) is 13.8 Å². The molecule has 4 nitrogen and oxygen atoms in total. The van der Waals surface area contributed by atoms with E-state index in [2.05, 4.69) is 15.8 Å². The third kappa shape index (κ3) is 3.95. The second kappa shape index (κ2) is 6.52. The van der Waals surface area contributed by atoms with E-state index < -0.39 is 0 Å². The van der Waals surface area contributed by atoms with E-state index in [4.69, 9.17) is 0 Å². The number of aryl methyl sites for hydroxylation is 2. The van der Waals surface area contributed by atoms with Gasteiger partial charge >= 0.3 is 6.03 Å². The number of nitrogens with one attached hydrogen (secondary N) is 2. The van der Waals surface area contributed by atoms with Crippen molar-refractivity contribution in [2.75, 3.05) is 5.32 Å². The quantitative estimate of drug-likeness (QED) is 0.649. The first-order valence-corrected chi connectivity index (χ1v) is 6.37. The van der Waals surface area contributed by atoms with Crippen LogP contribution in [-0.2, 0) is 0 Å². The Kier molecular flexibility index (Phi) is 4.50. The van der Waals surface area contributed by atoms with Crippen LogP contribution in [0.3, 0.4) is 0 Å². The number of benzene rings is 2. The lowest BCUT2D eigenvalue weighted by Gasteiger charge is -2.06. The van der Waals surface area contributed by atoms with E-state index in [-0.39, 0.29) is 6.03 Å². The second-order valence-electron chi connectivity index (χ2n) is 4.55. The zero-order chi connectivity index (χ0) is 14.4. The van der Waals surface area contributed by atoms with Crippen molar-refractivity contribution < 1.29 is 4.79 Å². The normalized spacial score (nSPS) is 10.5. The van der Waals surface area contributed by atoms with Gasteiger partial charge in [-0.25, -0.2) is 10.2 Å². The Labute approximate surface area is 118 Å². The van der Waals surface area contributed by atoms with Crippen molar-refractivity contribution >= 4 is 17.9 Å². The molecule has 4 heteroatoms. The number of amides is 2. The van der Waals surface area contributed by atoms with Crippen LogP contribution < -0.4 is 10.7 Å². The number of rotatable bonds is 3. The van der Waals surface area contributed by atoms with Gasteiger partial charge in [-0.1, -0.05) is 48.0 Å². The molecule has 0 saturated carbocycles. The SMILES string of the molecule is Cc1cccc(C=NNC(=O)Nc2ccccc2C)c1. The monoisotopic (exact) mass is 267 g/mol. The van der Waals surface area contributed by atoms with Crippen LogP contribution in [0.4, 0.5) is 10.5 Å². The molecule has 2 rings (SSSR count). The molecule has 102 valence electrons. The molecular weight excluding hydrogens is 250 g/mol. The molecule has 0 heterocycles. The van der Waals surface area contributed by atoms with Gasteiger partial charge in [-0.3, -0.25) is 0 Å². The van der Waals surface area contributed by atoms with Gasteiger partial charge in [-0.05, 0) is 31.0 Å². The third-order valence-corrected chi connectivity index (χ3v) is 2.82. The fraction of sp³-hybridized carbons (Fsp3) is 0.125. The van der Waals surface area contributed by atoms with Gasteiger partial charge in [0, 0.05) is 5.69 Å². The zero-order valence-electron chi connectivity index (χ0n) is 11.6. The van der Waals surface area contributed by atoms with E-state index in [0.29, 0.717) is 0 Å². The van der Waals surface area contributed by atoms with Gasteiger partial charge in [0.05, 0.1) is 6.21 Å². The van der Waals surface area contributed by atoms with Crippen molar-refractivity contribution in [2.45, 2.75) is 13.8 Å². The Balaban J connectivity index is 1.91. The van der Waals surface area contributed by atoms with Gasteiger partial charge in [0.2, 0.25) is 0 Å². The Morgan fingerprint density at radius 2 is 1.90 bits per heavy atom. The molecule has 0 fully saturated rings. The average molecular weight is 267 g/mol. The van der Waals surface area contributed by atoms with Crippen LogP contribution in [0.25, 0.3) is 0 Å². The molecule has 0 aliphatic rings. The molecule has 0 radical (unpaired) electrons. The molecule has 0 aliphatic heterocycles.